The number of aromatic nitrogens is 2. The van der Waals surface area contributed by atoms with Crippen LogP contribution in [0.15, 0.2) is 191 Å². The van der Waals surface area contributed by atoms with Crippen LogP contribution < -0.4 is 0 Å². The van der Waals surface area contributed by atoms with Crippen LogP contribution in [0.3, 0.4) is 0 Å². The molecular weight excluding hydrogens is 685 g/mol. The fourth-order valence-electron chi connectivity index (χ4n) is 8.69. The van der Waals surface area contributed by atoms with Gasteiger partial charge in [0, 0.05) is 32.8 Å². The van der Waals surface area contributed by atoms with E-state index in [9.17, 15) is 0 Å². The third-order valence-corrected chi connectivity index (χ3v) is 11.3. The number of para-hydroxylation sites is 1. The van der Waals surface area contributed by atoms with Crippen LogP contribution in [0.4, 0.5) is 0 Å². The fraction of sp³-hybridized carbons (Fsp3) is 0. The molecule has 4 nitrogen and oxygen atoms in total. The molecule has 12 aromatic rings. The quantitative estimate of drug-likeness (QED) is 0.170. The molecule has 0 saturated heterocycles. The zero-order valence-electron chi connectivity index (χ0n) is 30.0. The molecule has 3 aromatic heterocycles. The SMILES string of the molecule is c1ccc(-c2nc(-c3ccccc3)c3oc4cc(-c5ccc(-c6ccc7c8ccccc8c8ccccc8c7c6)c6c5oc5ccccc56)ccc4c3n2)cc1. The summed E-state index contributed by atoms with van der Waals surface area (Å²) in [5.74, 6) is 0.665. The third kappa shape index (κ3) is 4.60. The Morgan fingerprint density at radius 2 is 0.857 bits per heavy atom. The van der Waals surface area contributed by atoms with Gasteiger partial charge in [-0.05, 0) is 79.3 Å². The highest BCUT2D eigenvalue weighted by atomic mass is 16.3. The summed E-state index contributed by atoms with van der Waals surface area (Å²) in [5.41, 5.74) is 10.9. The van der Waals surface area contributed by atoms with Gasteiger partial charge in [0.15, 0.2) is 11.4 Å². The molecule has 0 bridgehead atoms. The van der Waals surface area contributed by atoms with Crippen LogP contribution in [-0.2, 0) is 0 Å². The van der Waals surface area contributed by atoms with Crippen molar-refractivity contribution < 1.29 is 8.83 Å². The monoisotopic (exact) mass is 714 g/mol. The van der Waals surface area contributed by atoms with Crippen LogP contribution >= 0.6 is 0 Å². The number of hydrogen-bond acceptors (Lipinski definition) is 4. The van der Waals surface area contributed by atoms with Crippen molar-refractivity contribution in [1.29, 1.82) is 0 Å². The molecule has 0 aliphatic rings. The lowest BCUT2D eigenvalue weighted by atomic mass is 9.90. The number of nitrogens with zero attached hydrogens (tertiary/aromatic N) is 2. The number of hydrogen-bond donors (Lipinski definition) is 0. The number of furan rings is 2. The molecule has 0 saturated carbocycles. The molecule has 0 spiro atoms. The Kier molecular flexibility index (Phi) is 6.60. The zero-order chi connectivity index (χ0) is 36.7. The van der Waals surface area contributed by atoms with E-state index in [4.69, 9.17) is 18.8 Å². The van der Waals surface area contributed by atoms with Crippen molar-refractivity contribution in [1.82, 2.24) is 9.97 Å². The van der Waals surface area contributed by atoms with Crippen molar-refractivity contribution in [3.8, 4) is 44.9 Å². The molecular formula is C52H30N2O2. The average Bonchev–Trinajstić information content (AvgIpc) is 3.85. The summed E-state index contributed by atoms with van der Waals surface area (Å²) >= 11 is 0. The molecule has 0 atom stereocenters. The third-order valence-electron chi connectivity index (χ3n) is 11.3. The fourth-order valence-corrected chi connectivity index (χ4v) is 8.69. The average molecular weight is 715 g/mol. The van der Waals surface area contributed by atoms with Gasteiger partial charge in [0.2, 0.25) is 0 Å². The second-order valence-corrected chi connectivity index (χ2v) is 14.4. The largest absolute Gasteiger partial charge is 0.455 e. The molecule has 12 rings (SSSR count). The maximum absolute atomic E-state index is 6.78. The summed E-state index contributed by atoms with van der Waals surface area (Å²) in [6, 6.07) is 63.8. The summed E-state index contributed by atoms with van der Waals surface area (Å²) < 4.78 is 13.5. The maximum atomic E-state index is 6.78. The van der Waals surface area contributed by atoms with Crippen molar-refractivity contribution in [3.63, 3.8) is 0 Å². The molecule has 0 radical (unpaired) electrons. The van der Waals surface area contributed by atoms with Crippen LogP contribution in [0.25, 0.3) is 121 Å². The predicted octanol–water partition coefficient (Wildman–Crippen LogP) is 14.4. The second kappa shape index (κ2) is 12.0. The summed E-state index contributed by atoms with van der Waals surface area (Å²) in [6.07, 6.45) is 0. The van der Waals surface area contributed by atoms with Gasteiger partial charge in [0.1, 0.15) is 28.0 Å². The van der Waals surface area contributed by atoms with Gasteiger partial charge < -0.3 is 8.83 Å². The number of benzene rings is 9. The second-order valence-electron chi connectivity index (χ2n) is 14.4. The molecule has 3 heterocycles. The zero-order valence-corrected chi connectivity index (χ0v) is 30.0. The minimum Gasteiger partial charge on any atom is -0.455 e. The van der Waals surface area contributed by atoms with E-state index in [1.807, 2.05) is 54.6 Å². The Hall–Kier alpha value is -7.56. The first-order valence-electron chi connectivity index (χ1n) is 18.9. The number of fused-ring (bicyclic) bond motifs is 12. The summed E-state index contributed by atoms with van der Waals surface area (Å²) in [6.45, 7) is 0. The highest BCUT2D eigenvalue weighted by Gasteiger charge is 2.21. The predicted molar refractivity (Wildman–Crippen MR) is 231 cm³/mol. The van der Waals surface area contributed by atoms with Crippen LogP contribution in [0.2, 0.25) is 0 Å². The van der Waals surface area contributed by atoms with Gasteiger partial charge in [-0.3, -0.25) is 0 Å². The Labute approximate surface area is 320 Å². The molecule has 0 N–H and O–H groups in total. The summed E-state index contributed by atoms with van der Waals surface area (Å²) in [5, 5.41) is 10.7. The van der Waals surface area contributed by atoms with E-state index in [1.54, 1.807) is 0 Å². The van der Waals surface area contributed by atoms with E-state index in [0.29, 0.717) is 11.4 Å². The van der Waals surface area contributed by atoms with E-state index in [1.165, 1.54) is 32.3 Å². The Morgan fingerprint density at radius 3 is 1.57 bits per heavy atom. The van der Waals surface area contributed by atoms with Gasteiger partial charge in [-0.1, -0.05) is 152 Å². The van der Waals surface area contributed by atoms with E-state index in [0.717, 1.165) is 77.5 Å². The molecule has 0 unspecified atom stereocenters. The van der Waals surface area contributed by atoms with Crippen LogP contribution in [0.1, 0.15) is 0 Å². The van der Waals surface area contributed by atoms with Gasteiger partial charge in [0.05, 0.1) is 0 Å². The molecule has 260 valence electrons. The Bertz CT molecular complexity index is 3490. The Morgan fingerprint density at radius 1 is 0.321 bits per heavy atom. The Balaban J connectivity index is 1.07. The minimum absolute atomic E-state index is 0.665. The smallest absolute Gasteiger partial charge is 0.180 e. The first-order valence-corrected chi connectivity index (χ1v) is 18.9. The molecule has 0 amide bonds. The van der Waals surface area contributed by atoms with E-state index in [2.05, 4.69) is 127 Å². The first kappa shape index (κ1) is 30.9. The van der Waals surface area contributed by atoms with Crippen molar-refractivity contribution in [3.05, 3.63) is 182 Å². The van der Waals surface area contributed by atoms with Crippen molar-refractivity contribution in [2.75, 3.05) is 0 Å². The normalized spacial score (nSPS) is 11.9. The van der Waals surface area contributed by atoms with Gasteiger partial charge in [0.25, 0.3) is 0 Å². The van der Waals surface area contributed by atoms with E-state index < -0.39 is 0 Å². The molecule has 4 heteroatoms. The maximum Gasteiger partial charge on any atom is 0.180 e. The molecule has 0 fully saturated rings. The highest BCUT2D eigenvalue weighted by Crippen LogP contribution is 2.45. The van der Waals surface area contributed by atoms with Crippen LogP contribution in [-0.4, -0.2) is 9.97 Å². The lowest BCUT2D eigenvalue weighted by Crippen LogP contribution is -1.93. The van der Waals surface area contributed by atoms with Gasteiger partial charge in [-0.25, -0.2) is 9.97 Å². The lowest BCUT2D eigenvalue weighted by Gasteiger charge is -2.13. The van der Waals surface area contributed by atoms with Crippen molar-refractivity contribution in [2.24, 2.45) is 0 Å². The van der Waals surface area contributed by atoms with Crippen molar-refractivity contribution in [2.45, 2.75) is 0 Å². The molecule has 0 aliphatic carbocycles. The standard InChI is InChI=1S/C52H30N2O2/c1-3-13-31(14-4-1)48-51-49(54-52(53-48)32-15-5-2-6-16-32)43-26-24-34(30-46(43)56-51)36-28-27-35(47-42-21-11-12-22-45(42)55-50(36)47)33-23-25-41-39-19-8-7-17-37(39)38-18-9-10-20-40(38)44(41)29-33/h1-30H. The van der Waals surface area contributed by atoms with Gasteiger partial charge >= 0.3 is 0 Å². The summed E-state index contributed by atoms with van der Waals surface area (Å²) in [7, 11) is 0. The lowest BCUT2D eigenvalue weighted by molar-refractivity contribution is 0.667. The van der Waals surface area contributed by atoms with Gasteiger partial charge in [-0.2, -0.15) is 0 Å². The van der Waals surface area contributed by atoms with E-state index in [-0.39, 0.29) is 0 Å². The first-order chi connectivity index (χ1) is 27.8. The van der Waals surface area contributed by atoms with E-state index >= 15 is 0 Å². The molecule has 56 heavy (non-hydrogen) atoms. The highest BCUT2D eigenvalue weighted by molar-refractivity contribution is 6.26. The van der Waals surface area contributed by atoms with Crippen molar-refractivity contribution >= 4 is 76.3 Å². The molecule has 9 aromatic carbocycles. The van der Waals surface area contributed by atoms with Crippen LogP contribution in [0, 0.1) is 0 Å². The minimum atomic E-state index is 0.665. The van der Waals surface area contributed by atoms with Crippen LogP contribution in [0.5, 0.6) is 0 Å². The van der Waals surface area contributed by atoms with Gasteiger partial charge in [-0.15, -0.1) is 0 Å². The number of rotatable bonds is 4. The molecule has 0 aliphatic heterocycles. The summed E-state index contributed by atoms with van der Waals surface area (Å²) in [4.78, 5) is 10.1. The topological polar surface area (TPSA) is 52.1 Å².